The molecule has 4 rings (SSSR count). The first-order chi connectivity index (χ1) is 11.8. The van der Waals surface area contributed by atoms with Gasteiger partial charge in [-0.05, 0) is 49.1 Å². The largest absolute Gasteiger partial charge is 0.273 e. The van der Waals surface area contributed by atoms with E-state index in [1.165, 1.54) is 4.31 Å². The molecular formula is C19H17Cl2NO2S. The minimum Gasteiger partial charge on any atom is -0.273 e. The second kappa shape index (κ2) is 5.76. The molecule has 0 radical (unpaired) electrons. The second-order valence-electron chi connectivity index (χ2n) is 6.77. The molecule has 2 aromatic rings. The number of rotatable bonds is 3. The molecule has 0 spiro atoms. The Hall–Kier alpha value is -1.49. The Kier molecular flexibility index (Phi) is 3.91. The van der Waals surface area contributed by atoms with Gasteiger partial charge in [0.1, 0.15) is 0 Å². The molecule has 0 N–H and O–H groups in total. The van der Waals surface area contributed by atoms with E-state index < -0.39 is 10.0 Å². The van der Waals surface area contributed by atoms with Crippen LogP contribution < -0.4 is 0 Å². The van der Waals surface area contributed by atoms with Crippen molar-refractivity contribution in [2.45, 2.75) is 23.7 Å². The van der Waals surface area contributed by atoms with Crippen molar-refractivity contribution in [1.29, 1.82) is 0 Å². The molecule has 1 aliphatic heterocycles. The van der Waals surface area contributed by atoms with Crippen LogP contribution in [0.15, 0.2) is 59.6 Å². The summed E-state index contributed by atoms with van der Waals surface area (Å²) < 4.78 is 27.1. The van der Waals surface area contributed by atoms with Gasteiger partial charge < -0.3 is 0 Å². The third-order valence-corrected chi connectivity index (χ3v) is 7.67. The monoisotopic (exact) mass is 393 g/mol. The highest BCUT2D eigenvalue weighted by atomic mass is 35.5. The Labute approximate surface area is 157 Å². The third kappa shape index (κ3) is 2.77. The molecule has 0 aromatic heterocycles. The summed E-state index contributed by atoms with van der Waals surface area (Å²) >= 11 is 12.1. The van der Waals surface area contributed by atoms with Gasteiger partial charge in [0.05, 0.1) is 14.9 Å². The van der Waals surface area contributed by atoms with Gasteiger partial charge in [-0.15, -0.1) is 0 Å². The highest BCUT2D eigenvalue weighted by Gasteiger charge is 2.56. The fourth-order valence-electron chi connectivity index (χ4n) is 3.53. The number of fused-ring (bicyclic) bond motifs is 1. The van der Waals surface area contributed by atoms with Crippen molar-refractivity contribution in [2.24, 2.45) is 5.92 Å². The van der Waals surface area contributed by atoms with Crippen molar-refractivity contribution in [2.75, 3.05) is 6.54 Å². The molecule has 25 heavy (non-hydrogen) atoms. The highest BCUT2D eigenvalue weighted by molar-refractivity contribution is 7.89. The number of benzene rings is 2. The van der Waals surface area contributed by atoms with E-state index in [9.17, 15) is 8.42 Å². The number of halogens is 2. The van der Waals surface area contributed by atoms with Crippen LogP contribution in [0.2, 0.25) is 10.0 Å². The number of hydrogen-bond donors (Lipinski definition) is 0. The normalized spacial score (nSPS) is 24.9. The minimum atomic E-state index is -3.51. The molecule has 0 bridgehead atoms. The van der Waals surface area contributed by atoms with Crippen LogP contribution in [-0.4, -0.2) is 19.3 Å². The summed E-state index contributed by atoms with van der Waals surface area (Å²) in [5.41, 5.74) is 2.01. The summed E-state index contributed by atoms with van der Waals surface area (Å²) in [6, 6.07) is 12.6. The van der Waals surface area contributed by atoms with E-state index in [4.69, 9.17) is 23.2 Å². The molecule has 130 valence electrons. The number of sulfonamides is 1. The van der Waals surface area contributed by atoms with Gasteiger partial charge in [0, 0.05) is 18.2 Å². The first-order valence-electron chi connectivity index (χ1n) is 8.06. The van der Waals surface area contributed by atoms with Gasteiger partial charge in [0.2, 0.25) is 0 Å². The molecule has 0 amide bonds. The molecule has 0 unspecified atom stereocenters. The highest BCUT2D eigenvalue weighted by Crippen LogP contribution is 2.58. The van der Waals surface area contributed by atoms with Crippen LogP contribution in [0.4, 0.5) is 0 Å². The molecule has 2 aliphatic rings. The average molecular weight is 394 g/mol. The fraction of sp³-hybridized carbons (Fsp3) is 0.263. The van der Waals surface area contributed by atoms with Crippen molar-refractivity contribution < 1.29 is 8.42 Å². The molecule has 1 heterocycles. The van der Waals surface area contributed by atoms with E-state index in [0.29, 0.717) is 21.5 Å². The Bertz CT molecular complexity index is 969. The lowest BCUT2D eigenvalue weighted by molar-refractivity contribution is 0.451. The quantitative estimate of drug-likeness (QED) is 0.752. The van der Waals surface area contributed by atoms with Gasteiger partial charge in [0.25, 0.3) is 10.0 Å². The van der Waals surface area contributed by atoms with E-state index in [-0.39, 0.29) is 11.3 Å². The Morgan fingerprint density at radius 3 is 2.44 bits per heavy atom. The van der Waals surface area contributed by atoms with Crippen LogP contribution in [0, 0.1) is 12.8 Å². The molecule has 0 saturated heterocycles. The molecule has 3 nitrogen and oxygen atoms in total. The standard InChI is InChI=1S/C19H17Cl2NO2S/c1-13-2-5-16(6-3-13)25(23,24)22-9-8-19(11-15(19)12-22)14-4-7-17(20)18(21)10-14/h2-10,15H,11-12H2,1H3/t15-,19-/m0/s1. The maximum atomic E-state index is 12.8. The van der Waals surface area contributed by atoms with Gasteiger partial charge in [-0.1, -0.05) is 53.0 Å². The lowest BCUT2D eigenvalue weighted by Gasteiger charge is -2.27. The average Bonchev–Trinajstić information content (AvgIpc) is 3.32. The van der Waals surface area contributed by atoms with Crippen LogP contribution in [0.3, 0.4) is 0 Å². The van der Waals surface area contributed by atoms with Crippen molar-refractivity contribution in [1.82, 2.24) is 4.31 Å². The predicted molar refractivity (Wildman–Crippen MR) is 100 cm³/mol. The topological polar surface area (TPSA) is 37.4 Å². The smallest absolute Gasteiger partial charge is 0.263 e. The van der Waals surface area contributed by atoms with Crippen molar-refractivity contribution in [3.8, 4) is 0 Å². The lowest BCUT2D eigenvalue weighted by atomic mass is 9.92. The van der Waals surface area contributed by atoms with E-state index in [1.54, 1.807) is 24.4 Å². The third-order valence-electron chi connectivity index (χ3n) is 5.18. The number of nitrogens with zero attached hydrogens (tertiary/aromatic N) is 1. The van der Waals surface area contributed by atoms with Crippen molar-refractivity contribution in [3.63, 3.8) is 0 Å². The zero-order valence-corrected chi connectivity index (χ0v) is 15.9. The van der Waals surface area contributed by atoms with E-state index in [2.05, 4.69) is 0 Å². The molecule has 6 heteroatoms. The first-order valence-corrected chi connectivity index (χ1v) is 10.3. The van der Waals surface area contributed by atoms with Gasteiger partial charge in [-0.3, -0.25) is 4.31 Å². The van der Waals surface area contributed by atoms with Gasteiger partial charge in [0.15, 0.2) is 0 Å². The lowest BCUT2D eigenvalue weighted by Crippen LogP contribution is -2.32. The maximum Gasteiger partial charge on any atom is 0.263 e. The second-order valence-corrected chi connectivity index (χ2v) is 9.48. The van der Waals surface area contributed by atoms with Crippen LogP contribution >= 0.6 is 23.2 Å². The fourth-order valence-corrected chi connectivity index (χ4v) is 5.18. The number of allylic oxidation sites excluding steroid dienone is 1. The molecular weight excluding hydrogens is 377 g/mol. The van der Waals surface area contributed by atoms with Crippen LogP contribution in [0.1, 0.15) is 17.5 Å². The van der Waals surface area contributed by atoms with E-state index in [0.717, 1.165) is 17.5 Å². The summed E-state index contributed by atoms with van der Waals surface area (Å²) in [5, 5.41) is 1.06. The predicted octanol–water partition coefficient (Wildman–Crippen LogP) is 4.78. The summed E-state index contributed by atoms with van der Waals surface area (Å²) in [6.45, 7) is 2.42. The number of hydrogen-bond acceptors (Lipinski definition) is 2. The van der Waals surface area contributed by atoms with E-state index in [1.807, 2.05) is 37.3 Å². The van der Waals surface area contributed by atoms with Gasteiger partial charge >= 0.3 is 0 Å². The SMILES string of the molecule is Cc1ccc(S(=O)(=O)N2C=C[C@@]3(c4ccc(Cl)c(Cl)c4)C[C@H]3C2)cc1. The van der Waals surface area contributed by atoms with Gasteiger partial charge in [-0.25, -0.2) is 8.42 Å². The summed E-state index contributed by atoms with van der Waals surface area (Å²) in [4.78, 5) is 0.324. The summed E-state index contributed by atoms with van der Waals surface area (Å²) in [6.07, 6.45) is 4.61. The van der Waals surface area contributed by atoms with Crippen LogP contribution in [0.5, 0.6) is 0 Å². The van der Waals surface area contributed by atoms with Crippen LogP contribution in [-0.2, 0) is 15.4 Å². The zero-order chi connectivity index (χ0) is 17.8. The first kappa shape index (κ1) is 17.0. The molecule has 2 aromatic carbocycles. The minimum absolute atomic E-state index is 0.118. The molecule has 1 fully saturated rings. The molecule has 1 aliphatic carbocycles. The maximum absolute atomic E-state index is 12.8. The van der Waals surface area contributed by atoms with E-state index >= 15 is 0 Å². The van der Waals surface area contributed by atoms with Crippen molar-refractivity contribution >= 4 is 33.2 Å². The number of aryl methyl sites for hydroxylation is 1. The van der Waals surface area contributed by atoms with Crippen LogP contribution in [0.25, 0.3) is 0 Å². The summed E-state index contributed by atoms with van der Waals surface area (Å²) in [7, 11) is -3.51. The Morgan fingerprint density at radius 1 is 1.08 bits per heavy atom. The van der Waals surface area contributed by atoms with Crippen molar-refractivity contribution in [3.05, 3.63) is 75.9 Å². The van der Waals surface area contributed by atoms with Gasteiger partial charge in [-0.2, -0.15) is 0 Å². The Morgan fingerprint density at radius 2 is 1.80 bits per heavy atom. The zero-order valence-electron chi connectivity index (χ0n) is 13.6. The molecule has 2 atom stereocenters. The molecule has 1 saturated carbocycles. The Balaban J connectivity index is 1.63. The summed E-state index contributed by atoms with van der Waals surface area (Å²) in [5.74, 6) is 0.259.